The lowest BCUT2D eigenvalue weighted by Crippen LogP contribution is -2.02. The highest BCUT2D eigenvalue weighted by atomic mass is 16.3. The van der Waals surface area contributed by atoms with Gasteiger partial charge in [-0.05, 0) is 85.6 Å². The van der Waals surface area contributed by atoms with E-state index in [0.29, 0.717) is 17.5 Å². The molecule has 0 bridgehead atoms. The second-order valence-corrected chi connectivity index (χ2v) is 15.6. The van der Waals surface area contributed by atoms with E-state index < -0.39 is 0 Å². The van der Waals surface area contributed by atoms with Crippen molar-refractivity contribution in [1.29, 1.82) is 0 Å². The van der Waals surface area contributed by atoms with Gasteiger partial charge in [0.05, 0.1) is 16.7 Å². The van der Waals surface area contributed by atoms with E-state index in [2.05, 4.69) is 187 Å². The summed E-state index contributed by atoms with van der Waals surface area (Å²) >= 11 is 0. The van der Waals surface area contributed by atoms with E-state index in [-0.39, 0.29) is 0 Å². The van der Waals surface area contributed by atoms with Gasteiger partial charge in [-0.2, -0.15) is 0 Å². The Labute approximate surface area is 343 Å². The lowest BCUT2D eigenvalue weighted by molar-refractivity contribution is 0.666. The summed E-state index contributed by atoms with van der Waals surface area (Å²) in [5.41, 5.74) is 7.52. The lowest BCUT2D eigenvalue weighted by Gasteiger charge is -2.14. The minimum absolute atomic E-state index is 0.583. The monoisotopic (exact) mass is 764 g/mol. The van der Waals surface area contributed by atoms with Crippen LogP contribution in [0.3, 0.4) is 0 Å². The van der Waals surface area contributed by atoms with Gasteiger partial charge in [-0.15, -0.1) is 0 Å². The van der Waals surface area contributed by atoms with Crippen molar-refractivity contribution >= 4 is 86.8 Å². The Morgan fingerprint density at radius 2 is 0.933 bits per heavy atom. The quantitative estimate of drug-likeness (QED) is 0.167. The van der Waals surface area contributed by atoms with Crippen LogP contribution < -0.4 is 0 Å². The van der Waals surface area contributed by atoms with Crippen molar-refractivity contribution in [3.8, 4) is 39.9 Å². The van der Waals surface area contributed by atoms with E-state index in [0.717, 1.165) is 82.3 Å². The first-order valence-electron chi connectivity index (χ1n) is 20.3. The Morgan fingerprint density at radius 1 is 0.333 bits per heavy atom. The van der Waals surface area contributed by atoms with Gasteiger partial charge in [-0.25, -0.2) is 15.0 Å². The van der Waals surface area contributed by atoms with Gasteiger partial charge in [0.2, 0.25) is 0 Å². The first-order chi connectivity index (χ1) is 29.7. The molecule has 13 rings (SSSR count). The van der Waals surface area contributed by atoms with Crippen molar-refractivity contribution < 1.29 is 4.42 Å². The zero-order chi connectivity index (χ0) is 39.3. The average Bonchev–Trinajstić information content (AvgIpc) is 3.85. The number of fused-ring (bicyclic) bond motifs is 11. The molecule has 0 atom stereocenters. The van der Waals surface area contributed by atoms with Gasteiger partial charge in [0, 0.05) is 38.2 Å². The SMILES string of the molecule is c1ccc2cc3c(cc2c1)c1ccccc1n3-c1cc(-c2nc(-c3cccc4ccccc34)nc(-c3cc4ccccc4c4ccccc34)n2)cc2c1oc1ccccc12. The number of hydrogen-bond donors (Lipinski definition) is 0. The van der Waals surface area contributed by atoms with Gasteiger partial charge in [0.15, 0.2) is 23.1 Å². The highest BCUT2D eigenvalue weighted by Gasteiger charge is 2.23. The highest BCUT2D eigenvalue weighted by molar-refractivity contribution is 6.17. The molecule has 10 aromatic carbocycles. The van der Waals surface area contributed by atoms with E-state index in [4.69, 9.17) is 19.4 Å². The Hall–Kier alpha value is -8.15. The summed E-state index contributed by atoms with van der Waals surface area (Å²) in [6, 6.07) is 68.6. The van der Waals surface area contributed by atoms with Crippen LogP contribution in [-0.2, 0) is 0 Å². The van der Waals surface area contributed by atoms with Crippen LogP contribution >= 0.6 is 0 Å². The number of benzene rings is 10. The molecule has 60 heavy (non-hydrogen) atoms. The standard InChI is InChI=1S/C55H32N4O/c1-2-16-35-31-49-45(28-34(35)15-1)42-23-9-11-26-48(42)59(49)50-32-37(30-46-43-24-10-12-27-51(43)60-52(46)50)53-56-54(44-25-13-18-33-14-3-5-19-38(33)44)58-55(57-53)47-29-36-17-4-6-20-39(36)40-21-7-8-22-41(40)47/h1-32H. The van der Waals surface area contributed by atoms with Crippen LogP contribution in [0.15, 0.2) is 199 Å². The second kappa shape index (κ2) is 12.7. The average molecular weight is 765 g/mol. The predicted octanol–water partition coefficient (Wildman–Crippen LogP) is 14.5. The Morgan fingerprint density at radius 3 is 1.77 bits per heavy atom. The van der Waals surface area contributed by atoms with Gasteiger partial charge in [-0.1, -0.05) is 152 Å². The van der Waals surface area contributed by atoms with E-state index in [9.17, 15) is 0 Å². The summed E-state index contributed by atoms with van der Waals surface area (Å²) in [5, 5.41) is 13.6. The molecule has 0 N–H and O–H groups in total. The minimum Gasteiger partial charge on any atom is -0.454 e. The third-order valence-electron chi connectivity index (χ3n) is 12.2. The molecule has 0 amide bonds. The molecule has 3 aromatic heterocycles. The summed E-state index contributed by atoms with van der Waals surface area (Å²) in [6.45, 7) is 0. The number of para-hydroxylation sites is 2. The molecule has 13 aromatic rings. The minimum atomic E-state index is 0.583. The van der Waals surface area contributed by atoms with Crippen molar-refractivity contribution in [1.82, 2.24) is 19.5 Å². The third-order valence-corrected chi connectivity index (χ3v) is 12.2. The molecular weight excluding hydrogens is 733 g/mol. The molecule has 0 aliphatic carbocycles. The fourth-order valence-electron chi connectivity index (χ4n) is 9.42. The van der Waals surface area contributed by atoms with Gasteiger partial charge in [0.25, 0.3) is 0 Å². The smallest absolute Gasteiger partial charge is 0.164 e. The zero-order valence-corrected chi connectivity index (χ0v) is 32.2. The lowest BCUT2D eigenvalue weighted by atomic mass is 9.96. The van der Waals surface area contributed by atoms with Gasteiger partial charge < -0.3 is 8.98 Å². The van der Waals surface area contributed by atoms with Crippen molar-refractivity contribution in [3.63, 3.8) is 0 Å². The Bertz CT molecular complexity index is 3910. The summed E-state index contributed by atoms with van der Waals surface area (Å²) in [4.78, 5) is 16.2. The van der Waals surface area contributed by atoms with E-state index in [1.165, 1.54) is 26.9 Å². The van der Waals surface area contributed by atoms with Crippen molar-refractivity contribution in [2.24, 2.45) is 0 Å². The van der Waals surface area contributed by atoms with Crippen LogP contribution in [0.4, 0.5) is 0 Å². The second-order valence-electron chi connectivity index (χ2n) is 15.6. The maximum atomic E-state index is 6.83. The molecule has 0 aliphatic rings. The summed E-state index contributed by atoms with van der Waals surface area (Å²) in [5.74, 6) is 1.82. The van der Waals surface area contributed by atoms with Crippen LogP contribution in [0.5, 0.6) is 0 Å². The van der Waals surface area contributed by atoms with Crippen molar-refractivity contribution in [2.75, 3.05) is 0 Å². The van der Waals surface area contributed by atoms with Crippen LogP contribution in [0.25, 0.3) is 127 Å². The molecule has 0 spiro atoms. The Balaban J connectivity index is 1.15. The number of hydrogen-bond acceptors (Lipinski definition) is 4. The maximum absolute atomic E-state index is 6.83. The zero-order valence-electron chi connectivity index (χ0n) is 32.2. The van der Waals surface area contributed by atoms with Crippen molar-refractivity contribution in [2.45, 2.75) is 0 Å². The number of nitrogens with zero attached hydrogens (tertiary/aromatic N) is 4. The molecule has 0 unspecified atom stereocenters. The highest BCUT2D eigenvalue weighted by Crippen LogP contribution is 2.42. The molecule has 3 heterocycles. The van der Waals surface area contributed by atoms with E-state index >= 15 is 0 Å². The molecule has 0 radical (unpaired) electrons. The van der Waals surface area contributed by atoms with Crippen LogP contribution in [0.2, 0.25) is 0 Å². The molecule has 0 fully saturated rings. The third kappa shape index (κ3) is 4.90. The number of aromatic nitrogens is 4. The fraction of sp³-hybridized carbons (Fsp3) is 0. The number of rotatable bonds is 4. The summed E-state index contributed by atoms with van der Waals surface area (Å²) < 4.78 is 9.19. The maximum Gasteiger partial charge on any atom is 0.164 e. The van der Waals surface area contributed by atoms with Crippen LogP contribution in [0.1, 0.15) is 0 Å². The van der Waals surface area contributed by atoms with Gasteiger partial charge >= 0.3 is 0 Å². The molecule has 0 saturated carbocycles. The first kappa shape index (κ1) is 32.9. The molecule has 5 nitrogen and oxygen atoms in total. The van der Waals surface area contributed by atoms with E-state index in [1.54, 1.807) is 0 Å². The van der Waals surface area contributed by atoms with Crippen molar-refractivity contribution in [3.05, 3.63) is 194 Å². The Kier molecular flexibility index (Phi) is 6.95. The first-order valence-corrected chi connectivity index (χ1v) is 20.3. The van der Waals surface area contributed by atoms with Crippen LogP contribution in [0, 0.1) is 0 Å². The normalized spacial score (nSPS) is 12.0. The largest absolute Gasteiger partial charge is 0.454 e. The molecule has 5 heteroatoms. The predicted molar refractivity (Wildman–Crippen MR) is 248 cm³/mol. The number of furan rings is 1. The fourth-order valence-corrected chi connectivity index (χ4v) is 9.42. The molecular formula is C55H32N4O. The summed E-state index contributed by atoms with van der Waals surface area (Å²) in [6.07, 6.45) is 0. The molecule has 278 valence electrons. The van der Waals surface area contributed by atoms with Gasteiger partial charge in [0.1, 0.15) is 5.58 Å². The van der Waals surface area contributed by atoms with Crippen LogP contribution in [-0.4, -0.2) is 19.5 Å². The van der Waals surface area contributed by atoms with E-state index in [1.807, 2.05) is 12.1 Å². The molecule has 0 aliphatic heterocycles. The van der Waals surface area contributed by atoms with Gasteiger partial charge in [-0.3, -0.25) is 0 Å². The topological polar surface area (TPSA) is 56.7 Å². The molecule has 0 saturated heterocycles. The summed E-state index contributed by atoms with van der Waals surface area (Å²) in [7, 11) is 0.